The van der Waals surface area contributed by atoms with Crippen LogP contribution in [-0.4, -0.2) is 70.8 Å². The van der Waals surface area contributed by atoms with Crippen LogP contribution >= 0.6 is 0 Å². The van der Waals surface area contributed by atoms with Crippen molar-refractivity contribution in [1.82, 2.24) is 4.90 Å². The fourth-order valence-corrected chi connectivity index (χ4v) is 8.00. The molecule has 8 heteroatoms. The molecule has 3 fully saturated rings. The molecule has 8 nitrogen and oxygen atoms in total. The normalized spacial score (nSPS) is 27.3. The molecule has 3 aromatic carbocycles. The zero-order valence-electron chi connectivity index (χ0n) is 25.6. The molecule has 1 N–H and O–H groups in total. The number of carbonyl (C=O) groups is 3. The molecule has 3 aromatic rings. The summed E-state index contributed by atoms with van der Waals surface area (Å²) in [4.78, 5) is 46.6. The number of amides is 2. The summed E-state index contributed by atoms with van der Waals surface area (Å²) in [6.07, 6.45) is 4.91. The molecule has 1 spiro atoms. The van der Waals surface area contributed by atoms with E-state index in [4.69, 9.17) is 9.47 Å². The molecule has 3 heterocycles. The molecule has 2 amide bonds. The van der Waals surface area contributed by atoms with Gasteiger partial charge >= 0.3 is 5.97 Å². The number of aliphatic hydroxyl groups excluding tert-OH is 1. The minimum Gasteiger partial charge on any atom is -0.461 e. The first kappa shape index (κ1) is 30.7. The van der Waals surface area contributed by atoms with Crippen LogP contribution in [0.5, 0.6) is 0 Å². The lowest BCUT2D eigenvalue weighted by Gasteiger charge is -2.39. The molecule has 3 aliphatic heterocycles. The topological polar surface area (TPSA) is 96.4 Å². The number of rotatable bonds is 12. The number of benzene rings is 3. The van der Waals surface area contributed by atoms with Gasteiger partial charge in [-0.2, -0.15) is 0 Å². The third-order valence-electron chi connectivity index (χ3n) is 9.99. The molecule has 2 unspecified atom stereocenters. The second-order valence-electron chi connectivity index (χ2n) is 12.3. The Kier molecular flexibility index (Phi) is 8.37. The first-order valence-corrected chi connectivity index (χ1v) is 15.7. The molecule has 45 heavy (non-hydrogen) atoms. The van der Waals surface area contributed by atoms with Gasteiger partial charge in [-0.25, -0.2) is 0 Å². The van der Waals surface area contributed by atoms with Crippen molar-refractivity contribution >= 4 is 34.2 Å². The average Bonchev–Trinajstić information content (AvgIpc) is 3.68. The van der Waals surface area contributed by atoms with Crippen LogP contribution < -0.4 is 4.90 Å². The van der Waals surface area contributed by atoms with Crippen molar-refractivity contribution in [2.45, 2.75) is 55.9 Å². The molecule has 3 saturated heterocycles. The lowest BCUT2D eigenvalue weighted by Crippen LogP contribution is -2.59. The van der Waals surface area contributed by atoms with Crippen LogP contribution in [-0.2, 0) is 30.3 Å². The predicted molar refractivity (Wildman–Crippen MR) is 172 cm³/mol. The molecular weight excluding hydrogens is 568 g/mol. The summed E-state index contributed by atoms with van der Waals surface area (Å²) in [6, 6.07) is 21.5. The van der Waals surface area contributed by atoms with Crippen molar-refractivity contribution in [1.29, 1.82) is 0 Å². The Labute approximate surface area is 263 Å². The van der Waals surface area contributed by atoms with E-state index in [1.807, 2.05) is 79.7 Å². The maximum absolute atomic E-state index is 15.1. The van der Waals surface area contributed by atoms with E-state index in [0.29, 0.717) is 31.4 Å². The molecule has 0 aromatic heterocycles. The van der Waals surface area contributed by atoms with E-state index >= 15 is 4.79 Å². The summed E-state index contributed by atoms with van der Waals surface area (Å²) in [6.45, 7) is 9.37. The second kappa shape index (κ2) is 12.3. The summed E-state index contributed by atoms with van der Waals surface area (Å²) in [5.74, 6) is -3.03. The van der Waals surface area contributed by atoms with Gasteiger partial charge in [0.2, 0.25) is 5.91 Å². The van der Waals surface area contributed by atoms with Crippen LogP contribution in [0.1, 0.15) is 31.7 Å². The van der Waals surface area contributed by atoms with E-state index in [1.54, 1.807) is 11.0 Å². The molecule has 3 aliphatic rings. The van der Waals surface area contributed by atoms with Gasteiger partial charge in [0.05, 0.1) is 24.2 Å². The van der Waals surface area contributed by atoms with E-state index in [0.717, 1.165) is 16.3 Å². The highest BCUT2D eigenvalue weighted by molar-refractivity contribution is 6.06. The number of esters is 1. The zero-order valence-corrected chi connectivity index (χ0v) is 25.6. The van der Waals surface area contributed by atoms with E-state index < -0.39 is 41.1 Å². The standard InChI is InChI=1S/C37H40N2O6/c1-4-20-38(28-17-16-26-14-10-11-15-27(26)23-28)34(42)32-37-19-18-36(6-3,45-37)31(35(43)44-21-5-2)30(37)33(41)39(32)29(24-40)22-25-12-8-7-9-13-25/h4-5,7-17,23,29-32,40H,1-2,6,18-22,24H2,3H3/t29-,30+,31-,32?,36+,37?/m1/s1. The fraction of sp³-hybridized carbons (Fsp3) is 0.378. The first-order chi connectivity index (χ1) is 21.8. The van der Waals surface area contributed by atoms with Crippen molar-refractivity contribution in [3.8, 4) is 0 Å². The van der Waals surface area contributed by atoms with Gasteiger partial charge in [-0.3, -0.25) is 14.4 Å². The molecule has 6 rings (SSSR count). The van der Waals surface area contributed by atoms with Gasteiger partial charge in [0.15, 0.2) is 0 Å². The fourth-order valence-electron chi connectivity index (χ4n) is 8.00. The molecule has 2 bridgehead atoms. The highest BCUT2D eigenvalue weighted by Crippen LogP contribution is 2.65. The Morgan fingerprint density at radius 3 is 2.49 bits per heavy atom. The number of hydrogen-bond donors (Lipinski definition) is 1. The molecule has 0 aliphatic carbocycles. The van der Waals surface area contributed by atoms with Gasteiger partial charge in [0.1, 0.15) is 24.2 Å². The largest absolute Gasteiger partial charge is 0.461 e. The number of likely N-dealkylation sites (tertiary alicyclic amines) is 1. The smallest absolute Gasteiger partial charge is 0.313 e. The van der Waals surface area contributed by atoms with Gasteiger partial charge in [-0.1, -0.05) is 86.3 Å². The van der Waals surface area contributed by atoms with E-state index in [9.17, 15) is 14.7 Å². The number of carbonyl (C=O) groups excluding carboxylic acids is 3. The van der Waals surface area contributed by atoms with Crippen LogP contribution in [0.15, 0.2) is 98.1 Å². The van der Waals surface area contributed by atoms with Crippen LogP contribution in [0.25, 0.3) is 10.8 Å². The van der Waals surface area contributed by atoms with Crippen molar-refractivity contribution in [3.05, 3.63) is 104 Å². The Morgan fingerprint density at radius 1 is 1.07 bits per heavy atom. The predicted octanol–water partition coefficient (Wildman–Crippen LogP) is 4.85. The molecular formula is C37H40N2O6. The highest BCUT2D eigenvalue weighted by atomic mass is 16.6. The minimum absolute atomic E-state index is 0.0114. The van der Waals surface area contributed by atoms with Crippen molar-refractivity contribution < 1.29 is 29.0 Å². The summed E-state index contributed by atoms with van der Waals surface area (Å²) >= 11 is 0. The van der Waals surface area contributed by atoms with E-state index in [2.05, 4.69) is 13.2 Å². The third-order valence-corrected chi connectivity index (χ3v) is 9.99. The minimum atomic E-state index is -1.26. The Bertz CT molecular complexity index is 1620. The molecule has 6 atom stereocenters. The van der Waals surface area contributed by atoms with E-state index in [1.165, 1.54) is 11.0 Å². The van der Waals surface area contributed by atoms with Crippen LogP contribution in [0.4, 0.5) is 5.69 Å². The quantitative estimate of drug-likeness (QED) is 0.233. The van der Waals surface area contributed by atoms with Crippen molar-refractivity contribution in [2.24, 2.45) is 11.8 Å². The molecule has 0 saturated carbocycles. The number of ether oxygens (including phenoxy) is 2. The lowest BCUT2D eigenvalue weighted by molar-refractivity contribution is -0.161. The number of aliphatic hydroxyl groups is 1. The van der Waals surface area contributed by atoms with Gasteiger partial charge < -0.3 is 24.4 Å². The molecule has 234 valence electrons. The van der Waals surface area contributed by atoms with Crippen molar-refractivity contribution in [3.63, 3.8) is 0 Å². The van der Waals surface area contributed by atoms with Gasteiger partial charge in [0, 0.05) is 12.2 Å². The van der Waals surface area contributed by atoms with Crippen molar-refractivity contribution in [2.75, 3.05) is 24.7 Å². The first-order valence-electron chi connectivity index (χ1n) is 15.7. The Balaban J connectivity index is 1.48. The monoisotopic (exact) mass is 608 g/mol. The average molecular weight is 609 g/mol. The number of nitrogens with zero attached hydrogens (tertiary/aromatic N) is 2. The Hall–Kier alpha value is -4.27. The van der Waals surface area contributed by atoms with Crippen LogP contribution in [0, 0.1) is 11.8 Å². The van der Waals surface area contributed by atoms with Gasteiger partial charge in [-0.15, -0.1) is 6.58 Å². The number of hydrogen-bond acceptors (Lipinski definition) is 6. The lowest BCUT2D eigenvalue weighted by atomic mass is 9.65. The van der Waals surface area contributed by atoms with Gasteiger partial charge in [-0.05, 0) is 54.2 Å². The zero-order chi connectivity index (χ0) is 31.8. The Morgan fingerprint density at radius 2 is 1.80 bits per heavy atom. The SMILES string of the molecule is C=CCOC(=O)[C@H]1[C@H]2C(=O)N([C@@H](CO)Cc3ccccc3)C(C(=O)N(CC=C)c3ccc4ccccc4c3)C23CC[C@]1(CC)O3. The maximum atomic E-state index is 15.1. The summed E-state index contributed by atoms with van der Waals surface area (Å²) < 4.78 is 12.5. The van der Waals surface area contributed by atoms with Gasteiger partial charge in [0.25, 0.3) is 5.91 Å². The maximum Gasteiger partial charge on any atom is 0.313 e. The summed E-state index contributed by atoms with van der Waals surface area (Å²) in [5, 5.41) is 12.8. The third kappa shape index (κ3) is 4.96. The second-order valence-corrected chi connectivity index (χ2v) is 12.3. The molecule has 0 radical (unpaired) electrons. The van der Waals surface area contributed by atoms with Crippen LogP contribution in [0.3, 0.4) is 0 Å². The highest BCUT2D eigenvalue weighted by Gasteiger charge is 2.79. The number of anilines is 1. The number of fused-ring (bicyclic) bond motifs is 2. The summed E-state index contributed by atoms with van der Waals surface area (Å²) in [5.41, 5.74) is -0.611. The van der Waals surface area contributed by atoms with Crippen LogP contribution in [0.2, 0.25) is 0 Å². The summed E-state index contributed by atoms with van der Waals surface area (Å²) in [7, 11) is 0. The van der Waals surface area contributed by atoms with E-state index in [-0.39, 0.29) is 31.6 Å².